The summed E-state index contributed by atoms with van der Waals surface area (Å²) in [5.74, 6) is 0.651. The number of hydrogen-bond acceptors (Lipinski definition) is 8. The molecule has 8 nitrogen and oxygen atoms in total. The van der Waals surface area contributed by atoms with Crippen LogP contribution in [0.4, 0.5) is 9.52 Å². The maximum atomic E-state index is 15.7. The largest absolute Gasteiger partial charge is 0.497 e. The van der Waals surface area contributed by atoms with Crippen LogP contribution in [0.25, 0.3) is 0 Å². The molecule has 1 unspecified atom stereocenters. The molecule has 1 atom stereocenters. The van der Waals surface area contributed by atoms with Crippen molar-refractivity contribution in [3.63, 3.8) is 0 Å². The zero-order valence-corrected chi connectivity index (χ0v) is 26.0. The minimum absolute atomic E-state index is 0.0222. The number of likely N-dealkylation sites (tertiary alicyclic amines) is 1. The van der Waals surface area contributed by atoms with Gasteiger partial charge in [0.05, 0.1) is 27.4 Å². The zero-order chi connectivity index (χ0) is 30.2. The van der Waals surface area contributed by atoms with Crippen LogP contribution in [0.5, 0.6) is 17.2 Å². The van der Waals surface area contributed by atoms with E-state index in [2.05, 4.69) is 9.88 Å². The number of ether oxygens (including phenoxy) is 3. The SMILES string of the molecule is COc1ccc(CN(c2nccs2)S(=O)(=O)c2cc3c(cc2F)C(N2CCCCC2)CCO3)c(OC)c1.c1ccccc1. The standard InChI is InChI=1S/C26H30FN3O5S2.C6H6/c1-33-19-7-6-18(23(14-19)34-2)17-30(26-28-9-13-36-26)37(31,32)25-16-24-20(15-21(25)27)22(8-12-35-24)29-10-4-3-5-11-29;1-2-4-6-5-3-1/h6-7,9,13-16,22H,3-5,8,10-12,17H2,1-2H3;1-6H. The highest BCUT2D eigenvalue weighted by Crippen LogP contribution is 2.41. The first-order valence-corrected chi connectivity index (χ1v) is 16.6. The van der Waals surface area contributed by atoms with Gasteiger partial charge in [0.15, 0.2) is 5.13 Å². The molecule has 43 heavy (non-hydrogen) atoms. The fraction of sp³-hybridized carbons (Fsp3) is 0.344. The molecule has 0 radical (unpaired) electrons. The molecule has 1 aromatic heterocycles. The van der Waals surface area contributed by atoms with E-state index in [4.69, 9.17) is 14.2 Å². The fourth-order valence-corrected chi connectivity index (χ4v) is 7.75. The number of aromatic nitrogens is 1. The number of fused-ring (bicyclic) bond motifs is 1. The summed E-state index contributed by atoms with van der Waals surface area (Å²) in [7, 11) is -1.30. The number of hydrogen-bond donors (Lipinski definition) is 0. The Morgan fingerprint density at radius 1 is 1.02 bits per heavy atom. The fourth-order valence-electron chi connectivity index (χ4n) is 5.41. The van der Waals surface area contributed by atoms with Crippen LogP contribution < -0.4 is 18.5 Å². The number of rotatable bonds is 8. The van der Waals surface area contributed by atoms with Gasteiger partial charge in [-0.25, -0.2) is 22.1 Å². The summed E-state index contributed by atoms with van der Waals surface area (Å²) >= 11 is 1.16. The van der Waals surface area contributed by atoms with E-state index in [9.17, 15) is 8.42 Å². The van der Waals surface area contributed by atoms with Crippen LogP contribution in [-0.4, -0.2) is 52.2 Å². The molecule has 1 fully saturated rings. The van der Waals surface area contributed by atoms with Gasteiger partial charge in [0.25, 0.3) is 10.0 Å². The third kappa shape index (κ3) is 7.11. The Kier molecular flexibility index (Phi) is 10.2. The van der Waals surface area contributed by atoms with Crippen molar-refractivity contribution >= 4 is 26.5 Å². The average molecular weight is 626 g/mol. The van der Waals surface area contributed by atoms with Gasteiger partial charge >= 0.3 is 0 Å². The van der Waals surface area contributed by atoms with E-state index in [1.54, 1.807) is 23.6 Å². The van der Waals surface area contributed by atoms with Crippen molar-refractivity contribution in [1.82, 2.24) is 9.88 Å². The Bertz CT molecular complexity index is 1550. The number of benzene rings is 3. The van der Waals surface area contributed by atoms with E-state index < -0.39 is 20.7 Å². The first-order chi connectivity index (χ1) is 20.9. The number of anilines is 1. The Morgan fingerprint density at radius 3 is 2.37 bits per heavy atom. The quantitative estimate of drug-likeness (QED) is 0.216. The summed E-state index contributed by atoms with van der Waals surface area (Å²) < 4.78 is 61.3. The summed E-state index contributed by atoms with van der Waals surface area (Å²) in [6.07, 6.45) is 5.69. The normalized spacial score (nSPS) is 16.7. The highest BCUT2D eigenvalue weighted by atomic mass is 32.2. The number of nitrogens with zero attached hydrogens (tertiary/aromatic N) is 3. The molecule has 3 heterocycles. The number of thiazole rings is 1. The van der Waals surface area contributed by atoms with Gasteiger partial charge in [-0.05, 0) is 44.1 Å². The molecule has 0 spiro atoms. The van der Waals surface area contributed by atoms with Crippen molar-refractivity contribution < 1.29 is 27.0 Å². The summed E-state index contributed by atoms with van der Waals surface area (Å²) in [4.78, 5) is 6.14. The first kappa shape index (κ1) is 30.8. The molecule has 0 bridgehead atoms. The van der Waals surface area contributed by atoms with Crippen molar-refractivity contribution in [1.29, 1.82) is 0 Å². The summed E-state index contributed by atoms with van der Waals surface area (Å²) in [6.45, 7) is 2.26. The van der Waals surface area contributed by atoms with Gasteiger partial charge < -0.3 is 14.2 Å². The van der Waals surface area contributed by atoms with Crippen molar-refractivity contribution in [3.05, 3.63) is 95.3 Å². The van der Waals surface area contributed by atoms with Gasteiger partial charge in [0.1, 0.15) is 28.0 Å². The second kappa shape index (κ2) is 14.2. The first-order valence-electron chi connectivity index (χ1n) is 14.3. The minimum atomic E-state index is -4.34. The molecule has 3 aromatic carbocycles. The highest BCUT2D eigenvalue weighted by Gasteiger charge is 2.35. The van der Waals surface area contributed by atoms with Gasteiger partial charge in [0.2, 0.25) is 0 Å². The van der Waals surface area contributed by atoms with E-state index in [1.165, 1.54) is 39.0 Å². The monoisotopic (exact) mass is 625 g/mol. The maximum Gasteiger partial charge on any atom is 0.269 e. The van der Waals surface area contributed by atoms with E-state index in [1.807, 2.05) is 36.4 Å². The molecule has 0 aliphatic carbocycles. The predicted molar refractivity (Wildman–Crippen MR) is 166 cm³/mol. The smallest absolute Gasteiger partial charge is 0.269 e. The van der Waals surface area contributed by atoms with Crippen LogP contribution in [0.1, 0.15) is 42.9 Å². The van der Waals surface area contributed by atoms with Crippen molar-refractivity contribution in [3.8, 4) is 17.2 Å². The zero-order valence-electron chi connectivity index (χ0n) is 24.3. The van der Waals surface area contributed by atoms with E-state index in [-0.39, 0.29) is 17.7 Å². The molecule has 6 rings (SSSR count). The lowest BCUT2D eigenvalue weighted by Gasteiger charge is -2.38. The number of piperidine rings is 1. The van der Waals surface area contributed by atoms with Gasteiger partial charge in [-0.2, -0.15) is 0 Å². The van der Waals surface area contributed by atoms with Crippen LogP contribution in [0.3, 0.4) is 0 Å². The molecule has 11 heteroatoms. The van der Waals surface area contributed by atoms with Gasteiger partial charge in [-0.1, -0.05) is 42.8 Å². The lowest BCUT2D eigenvalue weighted by Crippen LogP contribution is -2.36. The van der Waals surface area contributed by atoms with Crippen molar-refractivity contribution in [2.24, 2.45) is 0 Å². The summed E-state index contributed by atoms with van der Waals surface area (Å²) in [5, 5.41) is 1.90. The lowest BCUT2D eigenvalue weighted by molar-refractivity contribution is 0.118. The molecule has 228 valence electrons. The maximum absolute atomic E-state index is 15.7. The molecular formula is C32H36FN3O5S2. The van der Waals surface area contributed by atoms with Crippen LogP contribution >= 0.6 is 11.3 Å². The van der Waals surface area contributed by atoms with Crippen molar-refractivity contribution in [2.45, 2.75) is 43.2 Å². The van der Waals surface area contributed by atoms with Crippen LogP contribution in [-0.2, 0) is 16.6 Å². The summed E-state index contributed by atoms with van der Waals surface area (Å²) in [5.41, 5.74) is 1.30. The minimum Gasteiger partial charge on any atom is -0.497 e. The van der Waals surface area contributed by atoms with E-state index >= 15 is 4.39 Å². The molecular weight excluding hydrogens is 590 g/mol. The van der Waals surface area contributed by atoms with E-state index in [0.29, 0.717) is 35.0 Å². The Balaban J connectivity index is 0.000000548. The number of halogens is 1. The van der Waals surface area contributed by atoms with E-state index in [0.717, 1.165) is 48.0 Å². The number of methoxy groups -OCH3 is 2. The van der Waals surface area contributed by atoms with Gasteiger partial charge in [-0.15, -0.1) is 11.3 Å². The van der Waals surface area contributed by atoms with Crippen LogP contribution in [0.15, 0.2) is 83.2 Å². The second-order valence-electron chi connectivity index (χ2n) is 10.2. The lowest BCUT2D eigenvalue weighted by atomic mass is 9.96. The van der Waals surface area contributed by atoms with Gasteiger partial charge in [0, 0.05) is 47.3 Å². The third-order valence-electron chi connectivity index (χ3n) is 7.58. The third-order valence-corrected chi connectivity index (χ3v) is 10.2. The molecule has 2 aliphatic heterocycles. The average Bonchev–Trinajstić information content (AvgIpc) is 3.59. The van der Waals surface area contributed by atoms with Crippen molar-refractivity contribution in [2.75, 3.05) is 38.2 Å². The molecule has 0 N–H and O–H groups in total. The van der Waals surface area contributed by atoms with Crippen LogP contribution in [0.2, 0.25) is 0 Å². The Hall–Kier alpha value is -3.67. The number of sulfonamides is 1. The second-order valence-corrected chi connectivity index (χ2v) is 12.9. The molecule has 0 saturated carbocycles. The van der Waals surface area contributed by atoms with Gasteiger partial charge in [-0.3, -0.25) is 4.90 Å². The molecule has 0 amide bonds. The summed E-state index contributed by atoms with van der Waals surface area (Å²) in [6, 6.07) is 19.8. The predicted octanol–water partition coefficient (Wildman–Crippen LogP) is 6.69. The van der Waals surface area contributed by atoms with Crippen LogP contribution in [0, 0.1) is 5.82 Å². The highest BCUT2D eigenvalue weighted by molar-refractivity contribution is 7.93. The topological polar surface area (TPSA) is 81.2 Å². The molecule has 4 aromatic rings. The Labute approximate surface area is 256 Å². The molecule has 1 saturated heterocycles. The Morgan fingerprint density at radius 2 is 1.74 bits per heavy atom. The molecule has 2 aliphatic rings.